The number of benzene rings is 1. The Hall–Kier alpha value is -2.82. The third-order valence-electron chi connectivity index (χ3n) is 8.56. The zero-order valence-corrected chi connectivity index (χ0v) is 22.4. The van der Waals surface area contributed by atoms with Gasteiger partial charge in [0, 0.05) is 0 Å². The smallest absolute Gasteiger partial charge is 0.243 e. The summed E-state index contributed by atoms with van der Waals surface area (Å²) in [6.45, 7) is 10.8. The summed E-state index contributed by atoms with van der Waals surface area (Å²) in [7, 11) is 0. The Bertz CT molecular complexity index is 1020. The van der Waals surface area contributed by atoms with Gasteiger partial charge < -0.3 is 20.3 Å². The zero-order chi connectivity index (χ0) is 26.5. The second-order valence-corrected chi connectivity index (χ2v) is 11.4. The van der Waals surface area contributed by atoms with E-state index in [0.717, 1.165) is 37.7 Å². The van der Waals surface area contributed by atoms with Crippen LogP contribution in [0.25, 0.3) is 0 Å². The van der Waals surface area contributed by atoms with Crippen molar-refractivity contribution in [3.05, 3.63) is 65.0 Å². The van der Waals surface area contributed by atoms with Gasteiger partial charge in [-0.25, -0.2) is 0 Å². The first kappa shape index (κ1) is 27.8. The fourth-order valence-corrected chi connectivity index (χ4v) is 6.63. The molecule has 2 fully saturated rings. The van der Waals surface area contributed by atoms with E-state index < -0.39 is 11.9 Å². The molecule has 3 rings (SSSR count). The Kier molecular flexibility index (Phi) is 9.21. The average molecular weight is 493 g/mol. The SMILES string of the molecule is C/C=C(C)/C=C(\C)[C@@H]1CC[C@]2(C)C[C@H](C)CC[C@H]2C1/C([O-])=C/C(=O)N[C@H](C=O)Cc1ccc(O)cc1. The Balaban J connectivity index is 1.84. The lowest BCUT2D eigenvalue weighted by Gasteiger charge is -2.56. The molecule has 0 bridgehead atoms. The second-order valence-electron chi connectivity index (χ2n) is 11.4. The quantitative estimate of drug-likeness (QED) is 0.225. The van der Waals surface area contributed by atoms with Crippen LogP contribution in [0.2, 0.25) is 0 Å². The Morgan fingerprint density at radius 1 is 1.19 bits per heavy atom. The van der Waals surface area contributed by atoms with E-state index in [1.807, 2.05) is 6.92 Å². The van der Waals surface area contributed by atoms with Crippen molar-refractivity contribution in [1.29, 1.82) is 0 Å². The van der Waals surface area contributed by atoms with Crippen LogP contribution < -0.4 is 10.4 Å². The molecule has 1 aromatic rings. The predicted molar refractivity (Wildman–Crippen MR) is 142 cm³/mol. The van der Waals surface area contributed by atoms with Gasteiger partial charge in [-0.3, -0.25) is 4.79 Å². The third kappa shape index (κ3) is 6.68. The number of nitrogens with one attached hydrogen (secondary N) is 1. The van der Waals surface area contributed by atoms with Gasteiger partial charge in [-0.1, -0.05) is 55.7 Å². The molecule has 0 heterocycles. The fourth-order valence-electron chi connectivity index (χ4n) is 6.63. The normalized spacial score (nSPS) is 30.3. The van der Waals surface area contributed by atoms with E-state index in [1.165, 1.54) is 17.2 Å². The lowest BCUT2D eigenvalue weighted by Crippen LogP contribution is -2.48. The van der Waals surface area contributed by atoms with Gasteiger partial charge in [0.05, 0.1) is 6.04 Å². The summed E-state index contributed by atoms with van der Waals surface area (Å²) in [5.74, 6) is 0.291. The highest BCUT2D eigenvalue weighted by atomic mass is 16.3. The zero-order valence-electron chi connectivity index (χ0n) is 22.4. The number of hydrogen-bond donors (Lipinski definition) is 2. The number of aldehydes is 1. The molecule has 1 unspecified atom stereocenters. The number of amides is 1. The van der Waals surface area contributed by atoms with E-state index in [-0.39, 0.29) is 34.7 Å². The van der Waals surface area contributed by atoms with E-state index in [2.05, 4.69) is 45.2 Å². The van der Waals surface area contributed by atoms with E-state index in [0.29, 0.717) is 18.6 Å². The van der Waals surface area contributed by atoms with Crippen LogP contribution >= 0.6 is 0 Å². The third-order valence-corrected chi connectivity index (χ3v) is 8.56. The molecule has 2 N–H and O–H groups in total. The standard InChI is InChI=1S/C31H43NO4/c1-6-20(2)15-22(4)26-13-14-31(5)18-21(3)7-12-27(31)30(26)28(35)17-29(36)32-24(19-33)16-23-8-10-25(34)11-9-23/h6,8-11,15,17,19,21,24,26-27,30,34-35H,7,12-14,16,18H2,1-5H3,(H,32,36)/p-1/b20-6+,22-15+,28-17-/t21-,24+,26+,27+,30?,31-/m1/s1. The van der Waals surface area contributed by atoms with Gasteiger partial charge in [-0.2, -0.15) is 0 Å². The Morgan fingerprint density at radius 2 is 1.89 bits per heavy atom. The molecule has 0 saturated heterocycles. The minimum Gasteiger partial charge on any atom is -0.875 e. The molecule has 1 aromatic carbocycles. The van der Waals surface area contributed by atoms with Crippen LogP contribution in [-0.2, 0) is 16.0 Å². The van der Waals surface area contributed by atoms with Gasteiger partial charge >= 0.3 is 0 Å². The summed E-state index contributed by atoms with van der Waals surface area (Å²) >= 11 is 0. The van der Waals surface area contributed by atoms with Crippen LogP contribution in [-0.4, -0.2) is 23.3 Å². The van der Waals surface area contributed by atoms with Crippen LogP contribution in [0, 0.1) is 29.1 Å². The molecule has 2 saturated carbocycles. The van der Waals surface area contributed by atoms with Crippen molar-refractivity contribution in [3.8, 4) is 5.75 Å². The second kappa shape index (κ2) is 11.9. The van der Waals surface area contributed by atoms with Crippen molar-refractivity contribution >= 4 is 12.2 Å². The Labute approximate surface area is 216 Å². The van der Waals surface area contributed by atoms with E-state index in [1.54, 1.807) is 24.3 Å². The first-order valence-corrected chi connectivity index (χ1v) is 13.3. The lowest BCUT2D eigenvalue weighted by atomic mass is 9.51. The largest absolute Gasteiger partial charge is 0.875 e. The first-order valence-electron chi connectivity index (χ1n) is 13.3. The van der Waals surface area contributed by atoms with Gasteiger partial charge in [-0.05, 0) is 106 Å². The molecule has 2 aliphatic rings. The number of carbonyl (C=O) groups excluding carboxylic acids is 2. The maximum atomic E-state index is 13.7. The maximum absolute atomic E-state index is 13.7. The van der Waals surface area contributed by atoms with Crippen LogP contribution in [0.3, 0.4) is 0 Å². The number of aromatic hydroxyl groups is 1. The molecule has 196 valence electrons. The van der Waals surface area contributed by atoms with Crippen molar-refractivity contribution in [2.45, 2.75) is 79.2 Å². The number of allylic oxidation sites excluding steroid dienone is 5. The number of carbonyl (C=O) groups is 2. The molecule has 1 amide bonds. The monoisotopic (exact) mass is 492 g/mol. The number of phenols is 1. The minimum atomic E-state index is -0.743. The highest BCUT2D eigenvalue weighted by molar-refractivity contribution is 5.90. The van der Waals surface area contributed by atoms with Gasteiger partial charge in [0.25, 0.3) is 0 Å². The van der Waals surface area contributed by atoms with Crippen LogP contribution in [0.1, 0.15) is 72.3 Å². The summed E-state index contributed by atoms with van der Waals surface area (Å²) in [5, 5.41) is 25.9. The van der Waals surface area contributed by atoms with Crippen LogP contribution in [0.15, 0.2) is 59.4 Å². The lowest BCUT2D eigenvalue weighted by molar-refractivity contribution is -0.325. The molecule has 0 spiro atoms. The number of phenolic OH excluding ortho intramolecular Hbond substituents is 1. The molecular formula is C31H42NO4-. The van der Waals surface area contributed by atoms with Crippen molar-refractivity contribution in [1.82, 2.24) is 5.32 Å². The highest BCUT2D eigenvalue weighted by Crippen LogP contribution is 2.58. The van der Waals surface area contributed by atoms with Crippen molar-refractivity contribution in [2.75, 3.05) is 0 Å². The molecular weight excluding hydrogens is 450 g/mol. The van der Waals surface area contributed by atoms with Gasteiger partial charge in [0.15, 0.2) is 0 Å². The van der Waals surface area contributed by atoms with E-state index >= 15 is 0 Å². The molecule has 5 heteroatoms. The van der Waals surface area contributed by atoms with Gasteiger partial charge in [-0.15, -0.1) is 5.76 Å². The summed E-state index contributed by atoms with van der Waals surface area (Å²) in [6.07, 6.45) is 11.7. The molecule has 2 aliphatic carbocycles. The molecule has 0 aliphatic heterocycles. The summed E-state index contributed by atoms with van der Waals surface area (Å²) in [6, 6.07) is 5.78. The molecule has 0 aromatic heterocycles. The van der Waals surface area contributed by atoms with Crippen molar-refractivity contribution < 1.29 is 19.8 Å². The number of fused-ring (bicyclic) bond motifs is 1. The predicted octanol–water partition coefficient (Wildman–Crippen LogP) is 5.24. The van der Waals surface area contributed by atoms with Crippen molar-refractivity contribution in [2.24, 2.45) is 29.1 Å². The summed E-state index contributed by atoms with van der Waals surface area (Å²) < 4.78 is 0. The maximum Gasteiger partial charge on any atom is 0.243 e. The number of hydrogen-bond acceptors (Lipinski definition) is 4. The first-order chi connectivity index (χ1) is 17.1. The van der Waals surface area contributed by atoms with E-state index in [4.69, 9.17) is 0 Å². The van der Waals surface area contributed by atoms with E-state index in [9.17, 15) is 19.8 Å². The van der Waals surface area contributed by atoms with Gasteiger partial charge in [0.1, 0.15) is 12.0 Å². The van der Waals surface area contributed by atoms with Crippen LogP contribution in [0.5, 0.6) is 5.75 Å². The average Bonchev–Trinajstić information content (AvgIpc) is 2.83. The minimum absolute atomic E-state index is 0.110. The summed E-state index contributed by atoms with van der Waals surface area (Å²) in [4.78, 5) is 24.5. The topological polar surface area (TPSA) is 89.5 Å². The molecule has 5 nitrogen and oxygen atoms in total. The molecule has 6 atom stereocenters. The van der Waals surface area contributed by atoms with Gasteiger partial charge in [0.2, 0.25) is 5.91 Å². The molecule has 36 heavy (non-hydrogen) atoms. The summed E-state index contributed by atoms with van der Waals surface area (Å²) in [5.41, 5.74) is 3.31. The van der Waals surface area contributed by atoms with Crippen LogP contribution in [0.4, 0.5) is 0 Å². The fraction of sp³-hybridized carbons (Fsp3) is 0.548. The molecule has 0 radical (unpaired) electrons. The van der Waals surface area contributed by atoms with Crippen molar-refractivity contribution in [3.63, 3.8) is 0 Å². The highest BCUT2D eigenvalue weighted by Gasteiger charge is 2.48. The Morgan fingerprint density at radius 3 is 2.53 bits per heavy atom. The number of rotatable bonds is 8.